The maximum absolute atomic E-state index is 11.7. The molecule has 2 heteroatoms. The van der Waals surface area contributed by atoms with Gasteiger partial charge >= 0.3 is 0 Å². The first-order valence-corrected chi connectivity index (χ1v) is 6.23. The Morgan fingerprint density at radius 2 is 1.82 bits per heavy atom. The number of rotatable bonds is 7. The van der Waals surface area contributed by atoms with E-state index in [0.717, 1.165) is 12.8 Å². The highest BCUT2D eigenvalue weighted by molar-refractivity contribution is 6.07. The first-order chi connectivity index (χ1) is 8.13. The van der Waals surface area contributed by atoms with Crippen LogP contribution < -0.4 is 0 Å². The van der Waals surface area contributed by atoms with Gasteiger partial charge in [-0.15, -0.1) is 0 Å². The summed E-state index contributed by atoms with van der Waals surface area (Å²) in [4.78, 5) is 23.4. The molecule has 92 valence electrons. The summed E-state index contributed by atoms with van der Waals surface area (Å²) in [5.41, 5.74) is 0.629. The molecule has 1 atom stereocenters. The first kappa shape index (κ1) is 13.6. The van der Waals surface area contributed by atoms with Gasteiger partial charge < -0.3 is 0 Å². The molecule has 0 saturated heterocycles. The topological polar surface area (TPSA) is 34.1 Å². The highest BCUT2D eigenvalue weighted by Gasteiger charge is 2.12. The molecule has 0 saturated carbocycles. The van der Waals surface area contributed by atoms with Crippen molar-refractivity contribution in [2.45, 2.75) is 39.5 Å². The van der Waals surface area contributed by atoms with Gasteiger partial charge in [0, 0.05) is 12.0 Å². The third-order valence-corrected chi connectivity index (χ3v) is 3.07. The van der Waals surface area contributed by atoms with Crippen molar-refractivity contribution in [1.82, 2.24) is 0 Å². The molecule has 0 aliphatic rings. The lowest BCUT2D eigenvalue weighted by molar-refractivity contribution is -0.118. The predicted molar refractivity (Wildman–Crippen MR) is 69.1 cm³/mol. The minimum Gasteiger partial charge on any atom is -0.299 e. The average molecular weight is 232 g/mol. The van der Waals surface area contributed by atoms with Gasteiger partial charge in [0.25, 0.3) is 0 Å². The lowest BCUT2D eigenvalue weighted by Crippen LogP contribution is -2.09. The van der Waals surface area contributed by atoms with Gasteiger partial charge in [0.1, 0.15) is 5.78 Å². The van der Waals surface area contributed by atoms with E-state index < -0.39 is 0 Å². The van der Waals surface area contributed by atoms with Crippen LogP contribution in [0.5, 0.6) is 0 Å². The quantitative estimate of drug-likeness (QED) is 0.531. The highest BCUT2D eigenvalue weighted by Crippen LogP contribution is 2.12. The summed E-state index contributed by atoms with van der Waals surface area (Å²) >= 11 is 0. The molecular weight excluding hydrogens is 212 g/mol. The summed E-state index contributed by atoms with van der Waals surface area (Å²) in [6.45, 7) is 4.25. The summed E-state index contributed by atoms with van der Waals surface area (Å²) in [6, 6.07) is 9.00. The van der Waals surface area contributed by atoms with Crippen LogP contribution in [-0.2, 0) is 4.79 Å². The van der Waals surface area contributed by atoms with Gasteiger partial charge in [0.2, 0.25) is 0 Å². The van der Waals surface area contributed by atoms with Crippen LogP contribution in [0, 0.1) is 5.92 Å². The van der Waals surface area contributed by atoms with Gasteiger partial charge in [-0.2, -0.15) is 0 Å². The molecule has 0 spiro atoms. The van der Waals surface area contributed by atoms with Crippen LogP contribution in [0.1, 0.15) is 49.9 Å². The molecule has 1 aromatic rings. The van der Waals surface area contributed by atoms with Crippen LogP contribution in [0.2, 0.25) is 0 Å². The van der Waals surface area contributed by atoms with E-state index in [1.54, 1.807) is 12.1 Å². The van der Waals surface area contributed by atoms with Crippen molar-refractivity contribution in [2.24, 2.45) is 5.92 Å². The molecule has 1 rings (SSSR count). The fourth-order valence-electron chi connectivity index (χ4n) is 1.61. The van der Waals surface area contributed by atoms with Crippen molar-refractivity contribution in [2.75, 3.05) is 0 Å². The lowest BCUT2D eigenvalue weighted by atomic mass is 9.98. The van der Waals surface area contributed by atoms with Crippen LogP contribution in [0.3, 0.4) is 0 Å². The van der Waals surface area contributed by atoms with E-state index in [1.165, 1.54) is 0 Å². The zero-order valence-corrected chi connectivity index (χ0v) is 10.6. The monoisotopic (exact) mass is 232 g/mol. The number of carbonyl (C=O) groups is 2. The first-order valence-electron chi connectivity index (χ1n) is 6.23. The third kappa shape index (κ3) is 4.94. The molecule has 0 amide bonds. The molecule has 0 heterocycles. The minimum atomic E-state index is -0.0697. The average Bonchev–Trinajstić information content (AvgIpc) is 2.36. The number of benzene rings is 1. The molecule has 0 unspecified atom stereocenters. The predicted octanol–water partition coefficient (Wildman–Crippen LogP) is 3.65. The molecule has 0 aromatic heterocycles. The SMILES string of the molecule is CC[C@H](C)CCC(=O)CC(=O)c1ccccc1. The second-order valence-corrected chi connectivity index (χ2v) is 4.56. The van der Waals surface area contributed by atoms with Crippen LogP contribution in [0.4, 0.5) is 0 Å². The highest BCUT2D eigenvalue weighted by atomic mass is 16.1. The Kier molecular flexibility index (Phi) is 5.61. The second kappa shape index (κ2) is 7.00. The number of ketones is 2. The summed E-state index contributed by atoms with van der Waals surface area (Å²) < 4.78 is 0. The molecule has 0 fully saturated rings. The van der Waals surface area contributed by atoms with Gasteiger partial charge in [-0.1, -0.05) is 50.6 Å². The van der Waals surface area contributed by atoms with Gasteiger partial charge in [0.05, 0.1) is 6.42 Å². The molecule has 0 aliphatic heterocycles. The van der Waals surface area contributed by atoms with E-state index in [1.807, 2.05) is 18.2 Å². The maximum atomic E-state index is 11.7. The summed E-state index contributed by atoms with van der Waals surface area (Å²) in [5.74, 6) is 0.546. The van der Waals surface area contributed by atoms with Gasteiger partial charge in [-0.3, -0.25) is 9.59 Å². The lowest BCUT2D eigenvalue weighted by Gasteiger charge is -2.06. The van der Waals surface area contributed by atoms with Crippen LogP contribution >= 0.6 is 0 Å². The smallest absolute Gasteiger partial charge is 0.170 e. The Morgan fingerprint density at radius 3 is 2.41 bits per heavy atom. The Bertz CT molecular complexity index is 368. The number of hydrogen-bond donors (Lipinski definition) is 0. The fraction of sp³-hybridized carbons (Fsp3) is 0.467. The van der Waals surface area contributed by atoms with E-state index in [2.05, 4.69) is 13.8 Å². The maximum Gasteiger partial charge on any atom is 0.170 e. The van der Waals surface area contributed by atoms with Crippen LogP contribution in [0.25, 0.3) is 0 Å². The van der Waals surface area contributed by atoms with E-state index >= 15 is 0 Å². The van der Waals surface area contributed by atoms with E-state index in [-0.39, 0.29) is 18.0 Å². The van der Waals surface area contributed by atoms with E-state index in [4.69, 9.17) is 0 Å². The van der Waals surface area contributed by atoms with Crippen molar-refractivity contribution < 1.29 is 9.59 Å². The van der Waals surface area contributed by atoms with Crippen LogP contribution in [0.15, 0.2) is 30.3 Å². The fourth-order valence-corrected chi connectivity index (χ4v) is 1.61. The molecule has 1 aromatic carbocycles. The second-order valence-electron chi connectivity index (χ2n) is 4.56. The summed E-state index contributed by atoms with van der Waals surface area (Å²) in [7, 11) is 0. The molecular formula is C15H20O2. The Balaban J connectivity index is 2.39. The zero-order chi connectivity index (χ0) is 12.7. The molecule has 0 bridgehead atoms. The van der Waals surface area contributed by atoms with Gasteiger partial charge in [0.15, 0.2) is 5.78 Å². The third-order valence-electron chi connectivity index (χ3n) is 3.07. The Morgan fingerprint density at radius 1 is 1.18 bits per heavy atom. The molecule has 0 aliphatic carbocycles. The molecule has 17 heavy (non-hydrogen) atoms. The molecule has 2 nitrogen and oxygen atoms in total. The number of carbonyl (C=O) groups excluding carboxylic acids is 2. The molecule has 0 radical (unpaired) electrons. The van der Waals surface area contributed by atoms with Crippen molar-refractivity contribution in [3.63, 3.8) is 0 Å². The van der Waals surface area contributed by atoms with Crippen molar-refractivity contribution in [1.29, 1.82) is 0 Å². The van der Waals surface area contributed by atoms with E-state index in [9.17, 15) is 9.59 Å². The minimum absolute atomic E-state index is 0.0421. The van der Waals surface area contributed by atoms with Gasteiger partial charge in [-0.05, 0) is 12.3 Å². The normalized spacial score (nSPS) is 12.1. The van der Waals surface area contributed by atoms with Crippen molar-refractivity contribution in [3.05, 3.63) is 35.9 Å². The number of Topliss-reactive ketones (excluding diaryl/α,β-unsaturated/α-hetero) is 2. The standard InChI is InChI=1S/C15H20O2/c1-3-12(2)9-10-14(16)11-15(17)13-7-5-4-6-8-13/h4-8,12H,3,9-11H2,1-2H3/t12-/m0/s1. The zero-order valence-electron chi connectivity index (χ0n) is 10.6. The summed E-state index contributed by atoms with van der Waals surface area (Å²) in [5, 5.41) is 0. The van der Waals surface area contributed by atoms with Gasteiger partial charge in [-0.25, -0.2) is 0 Å². The van der Waals surface area contributed by atoms with E-state index in [0.29, 0.717) is 17.9 Å². The number of hydrogen-bond acceptors (Lipinski definition) is 2. The molecule has 0 N–H and O–H groups in total. The van der Waals surface area contributed by atoms with Crippen molar-refractivity contribution in [3.8, 4) is 0 Å². The summed E-state index contributed by atoms with van der Waals surface area (Å²) in [6.07, 6.45) is 2.53. The van der Waals surface area contributed by atoms with Crippen molar-refractivity contribution >= 4 is 11.6 Å². The Labute approximate surface area is 103 Å². The van der Waals surface area contributed by atoms with Crippen LogP contribution in [-0.4, -0.2) is 11.6 Å². The largest absolute Gasteiger partial charge is 0.299 e. The Hall–Kier alpha value is -1.44.